The van der Waals surface area contributed by atoms with E-state index in [9.17, 15) is 24.8 Å². The molecule has 39 heavy (non-hydrogen) atoms. The number of hydrogen-bond acceptors (Lipinski definition) is 5. The van der Waals surface area contributed by atoms with Crippen LogP contribution in [-0.4, -0.2) is 58.3 Å². The fourth-order valence-corrected chi connectivity index (χ4v) is 6.98. The Labute approximate surface area is 224 Å². The van der Waals surface area contributed by atoms with Gasteiger partial charge in [-0.3, -0.25) is 14.4 Å². The molecule has 3 saturated heterocycles. The topological polar surface area (TPSA) is 123 Å². The van der Waals surface area contributed by atoms with Gasteiger partial charge in [-0.2, -0.15) is 5.26 Å². The standard InChI is InChI=1S/C29H28F2N4O4/c30-28(31)14-18-9-10-23(28)24(26(37)34-17(15-32)13-16-11-12-33-25(16)36)35(18)27(38)29(39)21-7-3-1-5-19(21)20-6-2-4-8-22(20)29/h1-8,16-18,23-24,39H,9-14H2,(H,33,36)(H,34,37)/t16-,17+,18-,23-,24-/m1/s1. The van der Waals surface area contributed by atoms with Crippen molar-refractivity contribution in [2.24, 2.45) is 11.8 Å². The van der Waals surface area contributed by atoms with Crippen molar-refractivity contribution in [2.75, 3.05) is 6.54 Å². The number of piperidine rings is 2. The molecule has 7 rings (SSSR count). The van der Waals surface area contributed by atoms with Crippen LogP contribution >= 0.6 is 0 Å². The molecular weight excluding hydrogens is 506 g/mol. The van der Waals surface area contributed by atoms with Gasteiger partial charge in [0.15, 0.2) is 5.60 Å². The largest absolute Gasteiger partial charge is 0.372 e. The van der Waals surface area contributed by atoms with Crippen LogP contribution in [-0.2, 0) is 20.0 Å². The average Bonchev–Trinajstić information content (AvgIpc) is 3.46. The molecule has 0 aromatic heterocycles. The van der Waals surface area contributed by atoms with E-state index in [1.807, 2.05) is 6.07 Å². The van der Waals surface area contributed by atoms with E-state index in [1.54, 1.807) is 48.5 Å². The average molecular weight is 535 g/mol. The van der Waals surface area contributed by atoms with Gasteiger partial charge in [-0.1, -0.05) is 48.5 Å². The maximum atomic E-state index is 15.2. The van der Waals surface area contributed by atoms with Crippen LogP contribution in [0.25, 0.3) is 11.1 Å². The van der Waals surface area contributed by atoms with E-state index in [2.05, 4.69) is 10.6 Å². The summed E-state index contributed by atoms with van der Waals surface area (Å²) < 4.78 is 30.4. The molecule has 5 atom stereocenters. The zero-order chi connectivity index (χ0) is 27.5. The van der Waals surface area contributed by atoms with Gasteiger partial charge in [0.25, 0.3) is 11.8 Å². The molecule has 3 amide bonds. The third kappa shape index (κ3) is 3.82. The Morgan fingerprint density at radius 3 is 2.31 bits per heavy atom. The minimum atomic E-state index is -3.19. The highest BCUT2D eigenvalue weighted by Crippen LogP contribution is 2.53. The zero-order valence-corrected chi connectivity index (χ0v) is 21.1. The van der Waals surface area contributed by atoms with Crippen molar-refractivity contribution in [1.82, 2.24) is 15.5 Å². The molecule has 5 aliphatic rings. The fraction of sp³-hybridized carbons (Fsp3) is 0.448. The van der Waals surface area contributed by atoms with Crippen molar-refractivity contribution in [3.8, 4) is 17.2 Å². The summed E-state index contributed by atoms with van der Waals surface area (Å²) in [7, 11) is 0. The van der Waals surface area contributed by atoms with Crippen LogP contribution in [0.1, 0.15) is 43.2 Å². The van der Waals surface area contributed by atoms with E-state index in [1.165, 1.54) is 0 Å². The van der Waals surface area contributed by atoms with Gasteiger partial charge in [0.2, 0.25) is 11.8 Å². The molecular formula is C29H28F2N4O4. The fourth-order valence-electron chi connectivity index (χ4n) is 6.98. The summed E-state index contributed by atoms with van der Waals surface area (Å²) in [5.74, 6) is -7.03. The maximum absolute atomic E-state index is 15.2. The van der Waals surface area contributed by atoms with E-state index in [4.69, 9.17) is 0 Å². The van der Waals surface area contributed by atoms with Gasteiger partial charge in [-0.15, -0.1) is 0 Å². The highest BCUT2D eigenvalue weighted by molar-refractivity contribution is 6.01. The summed E-state index contributed by atoms with van der Waals surface area (Å²) in [6.45, 7) is 0.470. The predicted molar refractivity (Wildman–Crippen MR) is 135 cm³/mol. The quantitative estimate of drug-likeness (QED) is 0.544. The number of aliphatic hydroxyl groups is 1. The van der Waals surface area contributed by atoms with Crippen molar-refractivity contribution in [3.63, 3.8) is 0 Å². The summed E-state index contributed by atoms with van der Waals surface area (Å²) in [6.07, 6.45) is 0.266. The number of hydrogen-bond donors (Lipinski definition) is 3. The molecule has 4 fully saturated rings. The lowest BCUT2D eigenvalue weighted by molar-refractivity contribution is -0.201. The summed E-state index contributed by atoms with van der Waals surface area (Å²) in [4.78, 5) is 41.2. The Hall–Kier alpha value is -3.84. The molecule has 8 nitrogen and oxygen atoms in total. The lowest BCUT2D eigenvalue weighted by Crippen LogP contribution is -2.70. The highest BCUT2D eigenvalue weighted by Gasteiger charge is 2.63. The van der Waals surface area contributed by atoms with Crippen LogP contribution in [0.15, 0.2) is 48.5 Å². The van der Waals surface area contributed by atoms with Crippen LogP contribution in [0.2, 0.25) is 0 Å². The van der Waals surface area contributed by atoms with Gasteiger partial charge < -0.3 is 20.6 Å². The molecule has 2 aromatic rings. The molecule has 10 heteroatoms. The first-order chi connectivity index (χ1) is 18.7. The second-order valence-electron chi connectivity index (χ2n) is 11.0. The number of amides is 3. The summed E-state index contributed by atoms with van der Waals surface area (Å²) >= 11 is 0. The molecule has 202 valence electrons. The number of alkyl halides is 2. The van der Waals surface area contributed by atoms with E-state index in [0.717, 1.165) is 4.90 Å². The number of nitrogens with one attached hydrogen (secondary N) is 2. The zero-order valence-electron chi connectivity index (χ0n) is 21.1. The van der Waals surface area contributed by atoms with Crippen molar-refractivity contribution >= 4 is 17.7 Å². The molecule has 0 radical (unpaired) electrons. The van der Waals surface area contributed by atoms with E-state index < -0.39 is 59.7 Å². The number of halogens is 2. The first kappa shape index (κ1) is 25.4. The molecule has 2 bridgehead atoms. The monoisotopic (exact) mass is 534 g/mol. The Morgan fingerprint density at radius 2 is 1.74 bits per heavy atom. The molecule has 1 saturated carbocycles. The SMILES string of the molecule is N#C[C@H](C[C@H]1CCNC1=O)NC(=O)[C@H]1[C@H]2CC[C@H](CC2(F)F)N1C(=O)C1(O)c2ccccc2-c2ccccc21. The van der Waals surface area contributed by atoms with E-state index in [-0.39, 0.29) is 25.2 Å². The lowest BCUT2D eigenvalue weighted by Gasteiger charge is -2.54. The second-order valence-corrected chi connectivity index (χ2v) is 11.0. The molecule has 0 unspecified atom stereocenters. The first-order valence-electron chi connectivity index (χ1n) is 13.3. The second kappa shape index (κ2) is 9.12. The minimum absolute atomic E-state index is 0.0351. The molecule has 3 N–H and O–H groups in total. The molecule has 2 aliphatic carbocycles. The van der Waals surface area contributed by atoms with Crippen LogP contribution in [0.5, 0.6) is 0 Å². The lowest BCUT2D eigenvalue weighted by atomic mass is 9.70. The van der Waals surface area contributed by atoms with Crippen molar-refractivity contribution < 1.29 is 28.3 Å². The van der Waals surface area contributed by atoms with Crippen LogP contribution in [0, 0.1) is 23.2 Å². The Bertz CT molecular complexity index is 1360. The number of carbonyl (C=O) groups is 3. The molecule has 3 aliphatic heterocycles. The van der Waals surface area contributed by atoms with Gasteiger partial charge in [0.1, 0.15) is 12.1 Å². The van der Waals surface area contributed by atoms with Crippen LogP contribution in [0.4, 0.5) is 8.78 Å². The number of nitrogens with zero attached hydrogens (tertiary/aromatic N) is 2. The van der Waals surface area contributed by atoms with Crippen molar-refractivity contribution in [1.29, 1.82) is 5.26 Å². The van der Waals surface area contributed by atoms with Gasteiger partial charge >= 0.3 is 0 Å². The Balaban J connectivity index is 1.36. The highest BCUT2D eigenvalue weighted by atomic mass is 19.3. The number of carbonyl (C=O) groups excluding carboxylic acids is 3. The van der Waals surface area contributed by atoms with Crippen LogP contribution < -0.4 is 10.6 Å². The third-order valence-electron chi connectivity index (χ3n) is 8.83. The summed E-state index contributed by atoms with van der Waals surface area (Å²) in [5.41, 5.74) is -0.153. The van der Waals surface area contributed by atoms with Crippen LogP contribution in [0.3, 0.4) is 0 Å². The van der Waals surface area contributed by atoms with Gasteiger partial charge in [-0.05, 0) is 36.8 Å². The Morgan fingerprint density at radius 1 is 1.10 bits per heavy atom. The third-order valence-corrected chi connectivity index (χ3v) is 8.83. The number of fused-ring (bicyclic) bond motifs is 6. The maximum Gasteiger partial charge on any atom is 0.264 e. The van der Waals surface area contributed by atoms with Gasteiger partial charge in [0.05, 0.1) is 12.0 Å². The molecule has 0 spiro atoms. The summed E-state index contributed by atoms with van der Waals surface area (Å²) in [6, 6.07) is 12.2. The molecule has 3 heterocycles. The van der Waals surface area contributed by atoms with Crippen molar-refractivity contribution in [3.05, 3.63) is 59.7 Å². The number of rotatable bonds is 5. The smallest absolute Gasteiger partial charge is 0.264 e. The predicted octanol–water partition coefficient (Wildman–Crippen LogP) is 2.45. The number of benzene rings is 2. The minimum Gasteiger partial charge on any atom is -0.372 e. The molecule has 2 aromatic carbocycles. The normalized spacial score (nSPS) is 28.2. The van der Waals surface area contributed by atoms with E-state index >= 15 is 8.78 Å². The van der Waals surface area contributed by atoms with Crippen molar-refractivity contribution in [2.45, 2.75) is 61.8 Å². The van der Waals surface area contributed by atoms with Gasteiger partial charge in [-0.25, -0.2) is 8.78 Å². The first-order valence-corrected chi connectivity index (χ1v) is 13.3. The summed E-state index contributed by atoms with van der Waals surface area (Å²) in [5, 5.41) is 27.0. The van der Waals surface area contributed by atoms with E-state index in [0.29, 0.717) is 35.2 Å². The Kier molecular flexibility index (Phi) is 5.95. The van der Waals surface area contributed by atoms with Gasteiger partial charge in [0, 0.05) is 36.1 Å². The number of nitriles is 1.